The molecule has 0 radical (unpaired) electrons. The highest BCUT2D eigenvalue weighted by molar-refractivity contribution is 6.56. The number of hydrogen-bond acceptors (Lipinski definition) is 4. The van der Waals surface area contributed by atoms with Gasteiger partial charge in [0.15, 0.2) is 0 Å². The van der Waals surface area contributed by atoms with Gasteiger partial charge in [-0.25, -0.2) is 0 Å². The minimum Gasteiger partial charge on any atom is -0.350 e. The van der Waals surface area contributed by atoms with Crippen LogP contribution in [-0.4, -0.2) is 51.1 Å². The van der Waals surface area contributed by atoms with Crippen molar-refractivity contribution in [3.63, 3.8) is 0 Å². The summed E-state index contributed by atoms with van der Waals surface area (Å²) in [5, 5.41) is 0. The Morgan fingerprint density at radius 1 is 0.714 bits per heavy atom. The molecule has 5 saturated carbocycles. The lowest BCUT2D eigenvalue weighted by Crippen LogP contribution is -2.73. The van der Waals surface area contributed by atoms with Gasteiger partial charge in [0.1, 0.15) is 31.1 Å². The molecule has 5 aliphatic rings. The first-order valence-electron chi connectivity index (χ1n) is 6.61. The third-order valence-electron chi connectivity index (χ3n) is 6.73. The van der Waals surface area contributed by atoms with Crippen molar-refractivity contribution in [2.24, 2.45) is 23.7 Å². The van der Waals surface area contributed by atoms with Crippen molar-refractivity contribution in [3.05, 3.63) is 0 Å². The number of carbonyl (C=O) groups excluding carboxylic acids is 2. The fourth-order valence-electron chi connectivity index (χ4n) is 6.37. The van der Waals surface area contributed by atoms with Gasteiger partial charge >= 0.3 is 0 Å². The molecule has 0 aromatic rings. The Balaban J connectivity index is 1.99. The number of fused-ring (bicyclic) bond motifs is 2. The summed E-state index contributed by atoms with van der Waals surface area (Å²) in [4.78, 5) is 19.9. The Morgan fingerprint density at radius 2 is 1.00 bits per heavy atom. The first-order chi connectivity index (χ1) is 9.68. The molecule has 5 aliphatic carbocycles. The highest BCUT2D eigenvalue weighted by atomic mass is 35.5. The average molecular weight is 372 g/mol. The fraction of sp³-hybridized carbons (Fsp3) is 0.846. The number of rotatable bonds is 2. The van der Waals surface area contributed by atoms with Crippen LogP contribution in [0, 0.1) is 23.7 Å². The van der Waals surface area contributed by atoms with Crippen molar-refractivity contribution in [1.29, 1.82) is 0 Å². The summed E-state index contributed by atoms with van der Waals surface area (Å²) in [5.74, 6) is -4.86. The number of Topliss-reactive ketones (excluding diaryl/α,β-unsaturated/α-hetero) is 2. The lowest BCUT2D eigenvalue weighted by atomic mass is 9.57. The first-order valence-corrected chi connectivity index (χ1v) is 8.13. The Labute approximate surface area is 140 Å². The number of ketones is 2. The van der Waals surface area contributed by atoms with Crippen molar-refractivity contribution in [3.8, 4) is 0 Å². The third kappa shape index (κ3) is 0.701. The van der Waals surface area contributed by atoms with Gasteiger partial charge in [-0.05, 0) is 0 Å². The number of ether oxygens (including phenoxy) is 2. The molecule has 8 heteroatoms. The molecule has 0 unspecified atom stereocenters. The molecular formula is C13H10Cl4O4. The summed E-state index contributed by atoms with van der Waals surface area (Å²) in [6, 6.07) is 0. The van der Waals surface area contributed by atoms with E-state index >= 15 is 0 Å². The van der Waals surface area contributed by atoms with E-state index in [1.807, 2.05) is 0 Å². The fourth-order valence-corrected chi connectivity index (χ4v) is 9.60. The Hall–Kier alpha value is 0.420. The minimum absolute atomic E-state index is 0.135. The highest BCUT2D eigenvalue weighted by Crippen LogP contribution is 2.95. The maximum atomic E-state index is 12.7. The SMILES string of the molecule is COC1(OC)[C@@]2(Cl)[C@H]3C(=O)[C@H]4[C@H]5C(=O)[C@H]3[C@@]1(Cl)[C@@]5(Cl)[C@]42Cl. The Morgan fingerprint density at radius 3 is 1.29 bits per heavy atom. The van der Waals surface area contributed by atoms with E-state index in [0.717, 1.165) is 0 Å². The lowest BCUT2D eigenvalue weighted by Gasteiger charge is -2.57. The van der Waals surface area contributed by atoms with E-state index in [0.29, 0.717) is 0 Å². The zero-order valence-electron chi connectivity index (χ0n) is 11.0. The number of alkyl halides is 4. The van der Waals surface area contributed by atoms with Crippen LogP contribution >= 0.6 is 46.4 Å². The molecule has 0 amide bonds. The number of carbonyl (C=O) groups is 2. The van der Waals surface area contributed by atoms with Crippen LogP contribution < -0.4 is 0 Å². The van der Waals surface area contributed by atoms with Gasteiger partial charge in [0.2, 0.25) is 5.79 Å². The van der Waals surface area contributed by atoms with Crippen LogP contribution in [0.4, 0.5) is 0 Å². The molecule has 0 aliphatic heterocycles. The molecule has 5 fully saturated rings. The number of methoxy groups -OCH3 is 2. The van der Waals surface area contributed by atoms with Crippen LogP contribution in [0.25, 0.3) is 0 Å². The summed E-state index contributed by atoms with van der Waals surface area (Å²) in [6.45, 7) is 0. The normalized spacial score (nSPS) is 67.3. The molecule has 4 nitrogen and oxygen atoms in total. The van der Waals surface area contributed by atoms with E-state index < -0.39 is 49.0 Å². The molecule has 2 bridgehead atoms. The van der Waals surface area contributed by atoms with Crippen molar-refractivity contribution in [1.82, 2.24) is 0 Å². The number of hydrogen-bond donors (Lipinski definition) is 0. The minimum atomic E-state index is -1.58. The van der Waals surface area contributed by atoms with Crippen LogP contribution in [0.1, 0.15) is 0 Å². The third-order valence-corrected chi connectivity index (χ3v) is 10.2. The molecule has 0 saturated heterocycles. The molecule has 8 atom stereocenters. The highest BCUT2D eigenvalue weighted by Gasteiger charge is 3.12. The van der Waals surface area contributed by atoms with Crippen molar-refractivity contribution in [2.45, 2.75) is 25.3 Å². The zero-order valence-corrected chi connectivity index (χ0v) is 14.0. The zero-order chi connectivity index (χ0) is 15.4. The Bertz CT molecular complexity index is 613. The summed E-state index contributed by atoms with van der Waals surface area (Å²) in [5.41, 5.74) is 0. The van der Waals surface area contributed by atoms with Crippen molar-refractivity contribution < 1.29 is 19.1 Å². The maximum Gasteiger partial charge on any atom is 0.211 e. The van der Waals surface area contributed by atoms with E-state index in [1.54, 1.807) is 0 Å². The summed E-state index contributed by atoms with van der Waals surface area (Å²) < 4.78 is 11.2. The van der Waals surface area contributed by atoms with Gasteiger partial charge in [-0.2, -0.15) is 0 Å². The molecule has 0 N–H and O–H groups in total. The van der Waals surface area contributed by atoms with Crippen LogP contribution in [0.3, 0.4) is 0 Å². The lowest BCUT2D eigenvalue weighted by molar-refractivity contribution is -0.224. The van der Waals surface area contributed by atoms with E-state index in [-0.39, 0.29) is 11.6 Å². The molecule has 21 heavy (non-hydrogen) atoms. The van der Waals surface area contributed by atoms with Gasteiger partial charge in [-0.1, -0.05) is 0 Å². The van der Waals surface area contributed by atoms with Crippen LogP contribution in [0.15, 0.2) is 0 Å². The molecule has 114 valence electrons. The van der Waals surface area contributed by atoms with Crippen LogP contribution in [0.2, 0.25) is 0 Å². The van der Waals surface area contributed by atoms with E-state index in [2.05, 4.69) is 0 Å². The largest absolute Gasteiger partial charge is 0.350 e. The summed E-state index contributed by atoms with van der Waals surface area (Å²) >= 11 is 27.4. The second kappa shape index (κ2) is 3.03. The van der Waals surface area contributed by atoms with Gasteiger partial charge in [0.25, 0.3) is 0 Å². The molecule has 0 heterocycles. The quantitative estimate of drug-likeness (QED) is 0.546. The van der Waals surface area contributed by atoms with E-state index in [9.17, 15) is 9.59 Å². The molecule has 0 spiro atoms. The van der Waals surface area contributed by atoms with Gasteiger partial charge in [-0.15, -0.1) is 46.4 Å². The molecule has 5 rings (SSSR count). The molecule has 0 aromatic carbocycles. The monoisotopic (exact) mass is 370 g/mol. The second-order valence-electron chi connectivity index (χ2n) is 6.59. The second-order valence-corrected chi connectivity index (χ2v) is 8.97. The van der Waals surface area contributed by atoms with Crippen LogP contribution in [0.5, 0.6) is 0 Å². The van der Waals surface area contributed by atoms with E-state index in [1.165, 1.54) is 14.2 Å². The van der Waals surface area contributed by atoms with Crippen molar-refractivity contribution in [2.75, 3.05) is 14.2 Å². The topological polar surface area (TPSA) is 52.6 Å². The summed E-state index contributed by atoms with van der Waals surface area (Å²) in [7, 11) is 2.77. The predicted molar refractivity (Wildman–Crippen MR) is 75.1 cm³/mol. The number of halogens is 4. The predicted octanol–water partition coefficient (Wildman–Crippen LogP) is 1.56. The maximum absolute atomic E-state index is 12.7. The average Bonchev–Trinajstić information content (AvgIpc) is 2.73. The van der Waals surface area contributed by atoms with Crippen molar-refractivity contribution >= 4 is 58.0 Å². The van der Waals surface area contributed by atoms with Gasteiger partial charge in [-0.3, -0.25) is 9.59 Å². The van der Waals surface area contributed by atoms with Gasteiger partial charge in [0, 0.05) is 14.2 Å². The molecule has 0 aromatic heterocycles. The summed E-state index contributed by atoms with van der Waals surface area (Å²) in [6.07, 6.45) is 0. The van der Waals surface area contributed by atoms with Gasteiger partial charge < -0.3 is 9.47 Å². The molecular weight excluding hydrogens is 362 g/mol. The Kier molecular flexibility index (Phi) is 1.99. The smallest absolute Gasteiger partial charge is 0.211 e. The standard InChI is InChI=1S/C13H10Cl4O4/c1-20-13(21-2)11(16)5-6-8(19)4-3(7(5)18)9(11,14)10(4,15)12(6,13)17/h3-6H,1-2H3/t3-,4+,5-,6+,9-,10+,11-,12-/m1/s1. The van der Waals surface area contributed by atoms with E-state index in [4.69, 9.17) is 55.9 Å². The van der Waals surface area contributed by atoms with Crippen LogP contribution in [-0.2, 0) is 19.1 Å². The first kappa shape index (κ1) is 13.8. The van der Waals surface area contributed by atoms with Gasteiger partial charge in [0.05, 0.1) is 23.7 Å².